The number of carbonyl (C=O) groups excluding carboxylic acids is 1. The molecule has 1 fully saturated rings. The van der Waals surface area contributed by atoms with Crippen LogP contribution in [0.2, 0.25) is 0 Å². The Bertz CT molecular complexity index is 724. The van der Waals surface area contributed by atoms with Crippen LogP contribution in [0.1, 0.15) is 12.8 Å². The minimum atomic E-state index is -0.305. The SMILES string of the molecule is Nn1c(SCC(=O)NC2CC2)nc2ccccc2c1=O. The molecule has 1 heterocycles. The summed E-state index contributed by atoms with van der Waals surface area (Å²) in [6, 6.07) is 7.34. The average Bonchev–Trinajstić information content (AvgIpc) is 3.25. The van der Waals surface area contributed by atoms with E-state index in [1.807, 2.05) is 6.07 Å². The Morgan fingerprint density at radius 3 is 2.95 bits per heavy atom. The second-order valence-corrected chi connectivity index (χ2v) is 5.66. The molecule has 0 radical (unpaired) electrons. The lowest BCUT2D eigenvalue weighted by Crippen LogP contribution is -2.31. The number of nitrogens with two attached hydrogens (primary N) is 1. The van der Waals surface area contributed by atoms with Crippen LogP contribution in [0.15, 0.2) is 34.2 Å². The monoisotopic (exact) mass is 290 g/mol. The molecule has 6 nitrogen and oxygen atoms in total. The second-order valence-electron chi connectivity index (χ2n) is 4.72. The van der Waals surface area contributed by atoms with Gasteiger partial charge in [0.25, 0.3) is 5.56 Å². The number of hydrogen-bond acceptors (Lipinski definition) is 5. The number of carbonyl (C=O) groups is 1. The van der Waals surface area contributed by atoms with E-state index in [2.05, 4.69) is 10.3 Å². The first-order valence-electron chi connectivity index (χ1n) is 6.34. The number of nitrogens with zero attached hydrogens (tertiary/aromatic N) is 2. The number of nitrogen functional groups attached to an aromatic ring is 1. The van der Waals surface area contributed by atoms with Gasteiger partial charge in [-0.05, 0) is 25.0 Å². The van der Waals surface area contributed by atoms with Gasteiger partial charge in [-0.1, -0.05) is 23.9 Å². The molecule has 3 rings (SSSR count). The predicted molar refractivity (Wildman–Crippen MR) is 78.0 cm³/mol. The third-order valence-electron chi connectivity index (χ3n) is 3.05. The van der Waals surface area contributed by atoms with Gasteiger partial charge in [0.05, 0.1) is 16.7 Å². The molecular formula is C13H14N4O2S. The summed E-state index contributed by atoms with van der Waals surface area (Å²) < 4.78 is 0.997. The first-order chi connectivity index (χ1) is 9.65. The van der Waals surface area contributed by atoms with Crippen molar-refractivity contribution in [2.45, 2.75) is 24.0 Å². The smallest absolute Gasteiger partial charge is 0.280 e. The summed E-state index contributed by atoms with van der Waals surface area (Å²) in [7, 11) is 0. The van der Waals surface area contributed by atoms with E-state index >= 15 is 0 Å². The molecule has 0 unspecified atom stereocenters. The van der Waals surface area contributed by atoms with E-state index in [1.165, 1.54) is 11.8 Å². The lowest BCUT2D eigenvalue weighted by atomic mass is 10.2. The molecule has 104 valence electrons. The lowest BCUT2D eigenvalue weighted by Gasteiger charge is -2.08. The van der Waals surface area contributed by atoms with Crippen molar-refractivity contribution in [1.29, 1.82) is 0 Å². The maximum absolute atomic E-state index is 12.1. The quantitative estimate of drug-likeness (QED) is 0.485. The van der Waals surface area contributed by atoms with Crippen molar-refractivity contribution < 1.29 is 4.79 Å². The van der Waals surface area contributed by atoms with Crippen LogP contribution in [-0.4, -0.2) is 27.4 Å². The predicted octanol–water partition coefficient (Wildman–Crippen LogP) is 0.481. The number of amides is 1. The Morgan fingerprint density at radius 2 is 2.20 bits per heavy atom. The summed E-state index contributed by atoms with van der Waals surface area (Å²) in [5.74, 6) is 5.89. The van der Waals surface area contributed by atoms with Gasteiger partial charge >= 0.3 is 0 Å². The van der Waals surface area contributed by atoms with Crippen LogP contribution in [0.5, 0.6) is 0 Å². The summed E-state index contributed by atoms with van der Waals surface area (Å²) in [6.45, 7) is 0. The second kappa shape index (κ2) is 5.16. The van der Waals surface area contributed by atoms with Crippen LogP contribution in [0.3, 0.4) is 0 Å². The molecule has 20 heavy (non-hydrogen) atoms. The topological polar surface area (TPSA) is 90.0 Å². The third-order valence-corrected chi connectivity index (χ3v) is 4.00. The molecule has 1 saturated carbocycles. The van der Waals surface area contributed by atoms with Gasteiger partial charge in [0.15, 0.2) is 5.16 Å². The molecule has 2 aromatic rings. The zero-order valence-electron chi connectivity index (χ0n) is 10.7. The average molecular weight is 290 g/mol. The van der Waals surface area contributed by atoms with E-state index in [0.717, 1.165) is 17.5 Å². The molecule has 1 aromatic heterocycles. The molecule has 3 N–H and O–H groups in total. The van der Waals surface area contributed by atoms with E-state index in [0.29, 0.717) is 22.1 Å². The molecular weight excluding hydrogens is 276 g/mol. The number of nitrogens with one attached hydrogen (secondary N) is 1. The fourth-order valence-corrected chi connectivity index (χ4v) is 2.58. The highest BCUT2D eigenvalue weighted by Gasteiger charge is 2.23. The summed E-state index contributed by atoms with van der Waals surface area (Å²) in [5.41, 5.74) is 0.282. The number of fused-ring (bicyclic) bond motifs is 1. The maximum atomic E-state index is 12.1. The largest absolute Gasteiger partial charge is 0.353 e. The summed E-state index contributed by atoms with van der Waals surface area (Å²) >= 11 is 1.17. The van der Waals surface area contributed by atoms with Crippen LogP contribution in [0, 0.1) is 0 Å². The molecule has 1 aliphatic carbocycles. The highest BCUT2D eigenvalue weighted by atomic mass is 32.2. The molecule has 1 aliphatic rings. The zero-order chi connectivity index (χ0) is 14.1. The Balaban J connectivity index is 1.81. The zero-order valence-corrected chi connectivity index (χ0v) is 11.5. The third kappa shape index (κ3) is 2.62. The molecule has 1 aromatic carbocycles. The number of rotatable bonds is 4. The van der Waals surface area contributed by atoms with Gasteiger partial charge in [0.2, 0.25) is 5.91 Å². The molecule has 7 heteroatoms. The highest BCUT2D eigenvalue weighted by molar-refractivity contribution is 7.99. The van der Waals surface area contributed by atoms with Crippen LogP contribution in [0.4, 0.5) is 0 Å². The van der Waals surface area contributed by atoms with Crippen molar-refractivity contribution >= 4 is 28.6 Å². The highest BCUT2D eigenvalue weighted by Crippen LogP contribution is 2.20. The van der Waals surface area contributed by atoms with Crippen molar-refractivity contribution in [1.82, 2.24) is 15.0 Å². The molecule has 0 bridgehead atoms. The van der Waals surface area contributed by atoms with Crippen molar-refractivity contribution in [2.24, 2.45) is 0 Å². The Kier molecular flexibility index (Phi) is 3.35. The number of thioether (sulfide) groups is 1. The molecule has 0 saturated heterocycles. The van der Waals surface area contributed by atoms with Crippen LogP contribution >= 0.6 is 11.8 Å². The van der Waals surface area contributed by atoms with E-state index in [9.17, 15) is 9.59 Å². The summed E-state index contributed by atoms with van der Waals surface area (Å²) in [5, 5.41) is 3.70. The fraction of sp³-hybridized carbons (Fsp3) is 0.308. The van der Waals surface area contributed by atoms with Crippen LogP contribution in [0.25, 0.3) is 10.9 Å². The van der Waals surface area contributed by atoms with Gasteiger partial charge in [-0.2, -0.15) is 0 Å². The fourth-order valence-electron chi connectivity index (χ4n) is 1.85. The minimum absolute atomic E-state index is 0.0556. The van der Waals surface area contributed by atoms with Crippen molar-refractivity contribution in [3.63, 3.8) is 0 Å². The van der Waals surface area contributed by atoms with Gasteiger partial charge in [-0.25, -0.2) is 9.66 Å². The first kappa shape index (κ1) is 13.0. The molecule has 0 aliphatic heterocycles. The number of benzene rings is 1. The van der Waals surface area contributed by atoms with Gasteiger partial charge in [-0.3, -0.25) is 9.59 Å². The van der Waals surface area contributed by atoms with Crippen LogP contribution < -0.4 is 16.7 Å². The van der Waals surface area contributed by atoms with E-state index in [-0.39, 0.29) is 17.2 Å². The van der Waals surface area contributed by atoms with Crippen molar-refractivity contribution in [3.8, 4) is 0 Å². The normalized spacial score (nSPS) is 14.4. The number of para-hydroxylation sites is 1. The van der Waals surface area contributed by atoms with E-state index in [4.69, 9.17) is 5.84 Å². The van der Waals surface area contributed by atoms with Crippen molar-refractivity contribution in [3.05, 3.63) is 34.6 Å². The Hall–Kier alpha value is -2.02. The first-order valence-corrected chi connectivity index (χ1v) is 7.33. The number of hydrogen-bond donors (Lipinski definition) is 2. The van der Waals surface area contributed by atoms with E-state index in [1.54, 1.807) is 18.2 Å². The Morgan fingerprint density at radius 1 is 1.45 bits per heavy atom. The standard InChI is InChI=1S/C13H14N4O2S/c14-17-12(19)9-3-1-2-4-10(9)16-13(17)20-7-11(18)15-8-5-6-8/h1-4,8H,5-7,14H2,(H,15,18). The van der Waals surface area contributed by atoms with Gasteiger partial charge < -0.3 is 11.2 Å². The summed E-state index contributed by atoms with van der Waals surface area (Å²) in [6.07, 6.45) is 2.10. The molecule has 1 amide bonds. The van der Waals surface area contributed by atoms with E-state index < -0.39 is 0 Å². The lowest BCUT2D eigenvalue weighted by molar-refractivity contribution is -0.118. The summed E-state index contributed by atoms with van der Waals surface area (Å²) in [4.78, 5) is 28.0. The van der Waals surface area contributed by atoms with Gasteiger partial charge in [0, 0.05) is 6.04 Å². The molecule has 0 spiro atoms. The number of aromatic nitrogens is 2. The maximum Gasteiger partial charge on any atom is 0.280 e. The molecule has 0 atom stereocenters. The van der Waals surface area contributed by atoms with Gasteiger partial charge in [0.1, 0.15) is 0 Å². The minimum Gasteiger partial charge on any atom is -0.353 e. The van der Waals surface area contributed by atoms with Crippen molar-refractivity contribution in [2.75, 3.05) is 11.6 Å². The Labute approximate surface area is 119 Å². The van der Waals surface area contributed by atoms with Crippen LogP contribution in [-0.2, 0) is 4.79 Å². The van der Waals surface area contributed by atoms with Gasteiger partial charge in [-0.15, -0.1) is 0 Å².